The molecule has 100 valence electrons. The zero-order valence-corrected chi connectivity index (χ0v) is 13.0. The fourth-order valence-corrected chi connectivity index (χ4v) is 2.53. The Bertz CT molecular complexity index is 599. The van der Waals surface area contributed by atoms with Gasteiger partial charge in [-0.15, -0.1) is 10.2 Å². The molecule has 5 nitrogen and oxygen atoms in total. The maximum Gasteiger partial charge on any atom is 0.234 e. The maximum absolute atomic E-state index is 11.8. The third-order valence-electron chi connectivity index (χ3n) is 2.53. The molecule has 0 fully saturated rings. The van der Waals surface area contributed by atoms with Crippen LogP contribution in [0.2, 0.25) is 0 Å². The van der Waals surface area contributed by atoms with Crippen molar-refractivity contribution in [3.63, 3.8) is 0 Å². The number of benzene rings is 1. The smallest absolute Gasteiger partial charge is 0.234 e. The van der Waals surface area contributed by atoms with Crippen LogP contribution in [0.1, 0.15) is 5.82 Å². The Kier molecular flexibility index (Phi) is 4.60. The molecule has 0 radical (unpaired) electrons. The van der Waals surface area contributed by atoms with E-state index in [1.807, 2.05) is 42.8 Å². The van der Waals surface area contributed by atoms with Crippen molar-refractivity contribution in [2.45, 2.75) is 12.1 Å². The van der Waals surface area contributed by atoms with Gasteiger partial charge in [0, 0.05) is 11.5 Å². The topological polar surface area (TPSA) is 59.8 Å². The predicted molar refractivity (Wildman–Crippen MR) is 79.2 cm³/mol. The summed E-state index contributed by atoms with van der Waals surface area (Å²) in [7, 11) is 1.88. The van der Waals surface area contributed by atoms with Gasteiger partial charge in [-0.1, -0.05) is 23.9 Å². The Morgan fingerprint density at radius 2 is 2.16 bits per heavy atom. The van der Waals surface area contributed by atoms with Crippen molar-refractivity contribution in [2.75, 3.05) is 11.1 Å². The first kappa shape index (κ1) is 14.1. The lowest BCUT2D eigenvalue weighted by Crippen LogP contribution is -2.14. The van der Waals surface area contributed by atoms with Crippen LogP contribution >= 0.6 is 27.7 Å². The van der Waals surface area contributed by atoms with Gasteiger partial charge >= 0.3 is 0 Å². The molecule has 0 unspecified atom stereocenters. The van der Waals surface area contributed by atoms with Crippen LogP contribution in [0.25, 0.3) is 0 Å². The van der Waals surface area contributed by atoms with E-state index in [1.54, 1.807) is 0 Å². The molecule has 1 amide bonds. The van der Waals surface area contributed by atoms with E-state index >= 15 is 0 Å². The third-order valence-corrected chi connectivity index (χ3v) is 4.24. The fraction of sp³-hybridized carbons (Fsp3) is 0.250. The number of nitrogens with zero attached hydrogens (tertiary/aromatic N) is 3. The minimum Gasteiger partial charge on any atom is -0.324 e. The van der Waals surface area contributed by atoms with Crippen molar-refractivity contribution >= 4 is 39.3 Å². The molecular weight excluding hydrogens is 328 g/mol. The van der Waals surface area contributed by atoms with Crippen LogP contribution in [-0.2, 0) is 11.8 Å². The molecule has 0 aliphatic rings. The van der Waals surface area contributed by atoms with E-state index in [0.717, 1.165) is 21.1 Å². The molecule has 0 aliphatic carbocycles. The zero-order valence-electron chi connectivity index (χ0n) is 10.6. The van der Waals surface area contributed by atoms with E-state index in [4.69, 9.17) is 0 Å². The molecule has 2 rings (SSSR count). The second-order valence-electron chi connectivity index (χ2n) is 3.91. The molecular formula is C12H13BrN4OS. The number of nitrogens with one attached hydrogen (secondary N) is 1. The third kappa shape index (κ3) is 3.57. The summed E-state index contributed by atoms with van der Waals surface area (Å²) in [4.78, 5) is 11.8. The van der Waals surface area contributed by atoms with Gasteiger partial charge < -0.3 is 9.88 Å². The maximum atomic E-state index is 11.8. The summed E-state index contributed by atoms with van der Waals surface area (Å²) in [6.07, 6.45) is 0. The standard InChI is InChI=1S/C12H13BrN4OS/c1-8-15-16-12(17(8)2)19-7-11(18)14-10-6-4-3-5-9(10)13/h3-6H,7H2,1-2H3,(H,14,18). The molecule has 7 heteroatoms. The number of aromatic nitrogens is 3. The van der Waals surface area contributed by atoms with Gasteiger partial charge in [0.15, 0.2) is 5.16 Å². The van der Waals surface area contributed by atoms with Gasteiger partial charge in [0.1, 0.15) is 5.82 Å². The molecule has 0 atom stereocenters. The van der Waals surface area contributed by atoms with Crippen LogP contribution in [0.4, 0.5) is 5.69 Å². The molecule has 19 heavy (non-hydrogen) atoms. The molecule has 2 aromatic rings. The van der Waals surface area contributed by atoms with E-state index in [-0.39, 0.29) is 5.91 Å². The van der Waals surface area contributed by atoms with Gasteiger partial charge in [-0.3, -0.25) is 4.79 Å². The first-order valence-corrected chi connectivity index (χ1v) is 7.39. The number of thioether (sulfide) groups is 1. The molecule has 0 aliphatic heterocycles. The molecule has 1 aromatic heterocycles. The number of aryl methyl sites for hydroxylation is 1. The average Bonchev–Trinajstić information content (AvgIpc) is 2.70. The van der Waals surface area contributed by atoms with Crippen molar-refractivity contribution in [1.82, 2.24) is 14.8 Å². The lowest BCUT2D eigenvalue weighted by atomic mass is 10.3. The van der Waals surface area contributed by atoms with E-state index in [0.29, 0.717) is 5.75 Å². The second kappa shape index (κ2) is 6.21. The molecule has 1 aromatic carbocycles. The normalized spacial score (nSPS) is 10.5. The van der Waals surface area contributed by atoms with Crippen LogP contribution in [-0.4, -0.2) is 26.4 Å². The molecule has 0 saturated heterocycles. The predicted octanol–water partition coefficient (Wildman–Crippen LogP) is 2.62. The lowest BCUT2D eigenvalue weighted by Gasteiger charge is -2.06. The number of anilines is 1. The fourth-order valence-electron chi connectivity index (χ4n) is 1.39. The highest BCUT2D eigenvalue weighted by Gasteiger charge is 2.10. The molecule has 0 saturated carbocycles. The Balaban J connectivity index is 1.92. The molecule has 1 heterocycles. The van der Waals surface area contributed by atoms with Crippen molar-refractivity contribution < 1.29 is 4.79 Å². The van der Waals surface area contributed by atoms with Crippen molar-refractivity contribution in [3.8, 4) is 0 Å². The summed E-state index contributed by atoms with van der Waals surface area (Å²) >= 11 is 4.75. The van der Waals surface area contributed by atoms with Gasteiger partial charge in [0.2, 0.25) is 5.91 Å². The quantitative estimate of drug-likeness (QED) is 0.869. The number of rotatable bonds is 4. The van der Waals surface area contributed by atoms with Crippen molar-refractivity contribution in [3.05, 3.63) is 34.6 Å². The molecule has 1 N–H and O–H groups in total. The van der Waals surface area contributed by atoms with Crippen LogP contribution in [0.15, 0.2) is 33.9 Å². The minimum absolute atomic E-state index is 0.0717. The van der Waals surface area contributed by atoms with Crippen LogP contribution < -0.4 is 5.32 Å². The highest BCUT2D eigenvalue weighted by atomic mass is 79.9. The summed E-state index contributed by atoms with van der Waals surface area (Å²) in [5.41, 5.74) is 0.766. The Labute approximate surface area is 123 Å². The van der Waals surface area contributed by atoms with Gasteiger partial charge in [0.25, 0.3) is 0 Å². The second-order valence-corrected chi connectivity index (χ2v) is 5.70. The van der Waals surface area contributed by atoms with Gasteiger partial charge in [-0.25, -0.2) is 0 Å². The summed E-state index contributed by atoms with van der Waals surface area (Å²) < 4.78 is 2.72. The van der Waals surface area contributed by atoms with Crippen LogP contribution in [0, 0.1) is 6.92 Å². The number of carbonyl (C=O) groups is 1. The first-order chi connectivity index (χ1) is 9.08. The zero-order chi connectivity index (χ0) is 13.8. The van der Waals surface area contributed by atoms with E-state index in [9.17, 15) is 4.79 Å². The number of para-hydroxylation sites is 1. The number of hydrogen-bond acceptors (Lipinski definition) is 4. The van der Waals surface area contributed by atoms with Crippen molar-refractivity contribution in [1.29, 1.82) is 0 Å². The number of carbonyl (C=O) groups excluding carboxylic acids is 1. The van der Waals surface area contributed by atoms with Crippen LogP contribution in [0.5, 0.6) is 0 Å². The number of halogens is 1. The lowest BCUT2D eigenvalue weighted by molar-refractivity contribution is -0.113. The van der Waals surface area contributed by atoms with E-state index < -0.39 is 0 Å². The highest BCUT2D eigenvalue weighted by Crippen LogP contribution is 2.22. The number of hydrogen-bond donors (Lipinski definition) is 1. The minimum atomic E-state index is -0.0717. The molecule has 0 spiro atoms. The van der Waals surface area contributed by atoms with E-state index in [2.05, 4.69) is 31.4 Å². The summed E-state index contributed by atoms with van der Waals surface area (Å²) in [5, 5.41) is 11.5. The summed E-state index contributed by atoms with van der Waals surface area (Å²) in [5.74, 6) is 1.05. The Hall–Kier alpha value is -1.34. The monoisotopic (exact) mass is 340 g/mol. The highest BCUT2D eigenvalue weighted by molar-refractivity contribution is 9.10. The Morgan fingerprint density at radius 3 is 2.79 bits per heavy atom. The van der Waals surface area contributed by atoms with Gasteiger partial charge in [-0.2, -0.15) is 0 Å². The summed E-state index contributed by atoms with van der Waals surface area (Å²) in [6, 6.07) is 7.50. The average molecular weight is 341 g/mol. The van der Waals surface area contributed by atoms with Crippen LogP contribution in [0.3, 0.4) is 0 Å². The van der Waals surface area contributed by atoms with E-state index in [1.165, 1.54) is 11.8 Å². The largest absolute Gasteiger partial charge is 0.324 e. The van der Waals surface area contributed by atoms with Gasteiger partial charge in [0.05, 0.1) is 11.4 Å². The van der Waals surface area contributed by atoms with Crippen molar-refractivity contribution in [2.24, 2.45) is 7.05 Å². The van der Waals surface area contributed by atoms with Gasteiger partial charge in [-0.05, 0) is 35.0 Å². The SMILES string of the molecule is Cc1nnc(SCC(=O)Nc2ccccc2Br)n1C. The Morgan fingerprint density at radius 1 is 1.42 bits per heavy atom. The number of amides is 1. The first-order valence-electron chi connectivity index (χ1n) is 5.61. The molecule has 0 bridgehead atoms. The summed E-state index contributed by atoms with van der Waals surface area (Å²) in [6.45, 7) is 1.87.